The van der Waals surface area contributed by atoms with Gasteiger partial charge in [-0.2, -0.15) is 0 Å². The van der Waals surface area contributed by atoms with Crippen molar-refractivity contribution in [2.45, 2.75) is 25.7 Å². The fourth-order valence-electron chi connectivity index (χ4n) is 2.72. The molecule has 0 radical (unpaired) electrons. The van der Waals surface area contributed by atoms with Crippen molar-refractivity contribution in [2.24, 2.45) is 11.7 Å². The van der Waals surface area contributed by atoms with Gasteiger partial charge in [-0.3, -0.25) is 9.59 Å². The number of benzene rings is 1. The first-order valence-electron chi connectivity index (χ1n) is 7.50. The fraction of sp³-hybridized carbons (Fsp3) is 0.500. The van der Waals surface area contributed by atoms with Gasteiger partial charge in [0.15, 0.2) is 0 Å². The summed E-state index contributed by atoms with van der Waals surface area (Å²) in [6.45, 7) is 1.86. The lowest BCUT2D eigenvalue weighted by Crippen LogP contribution is -2.42. The first kappa shape index (κ1) is 18.3. The van der Waals surface area contributed by atoms with Crippen LogP contribution < -0.4 is 11.1 Å². The Kier molecular flexibility index (Phi) is 7.74. The van der Waals surface area contributed by atoms with Gasteiger partial charge in [-0.15, -0.1) is 12.4 Å². The molecule has 1 atom stereocenters. The van der Waals surface area contributed by atoms with E-state index in [0.29, 0.717) is 18.9 Å². The fourth-order valence-corrected chi connectivity index (χ4v) is 2.72. The van der Waals surface area contributed by atoms with E-state index in [1.807, 2.05) is 35.2 Å². The molecule has 1 fully saturated rings. The molecule has 0 aliphatic carbocycles. The number of nitrogens with zero attached hydrogens (tertiary/aromatic N) is 1. The number of rotatable bonds is 6. The quantitative estimate of drug-likeness (QED) is 0.840. The number of anilines is 1. The number of hydrogen-bond acceptors (Lipinski definition) is 3. The van der Waals surface area contributed by atoms with Crippen LogP contribution >= 0.6 is 12.4 Å². The van der Waals surface area contributed by atoms with Gasteiger partial charge >= 0.3 is 0 Å². The van der Waals surface area contributed by atoms with E-state index in [1.165, 1.54) is 0 Å². The zero-order chi connectivity index (χ0) is 15.1. The van der Waals surface area contributed by atoms with Gasteiger partial charge in [0, 0.05) is 25.2 Å². The number of likely N-dealkylation sites (tertiary alicyclic amines) is 1. The van der Waals surface area contributed by atoms with Gasteiger partial charge in [-0.05, 0) is 37.3 Å². The number of hydrogen-bond donors (Lipinski definition) is 2. The molecule has 1 unspecified atom stereocenters. The molecule has 0 bridgehead atoms. The van der Waals surface area contributed by atoms with Gasteiger partial charge in [0.05, 0.1) is 6.54 Å². The van der Waals surface area contributed by atoms with Crippen LogP contribution in [0.2, 0.25) is 0 Å². The maximum absolute atomic E-state index is 12.2. The number of carbonyl (C=O) groups excluding carboxylic acids is 2. The van der Waals surface area contributed by atoms with Crippen molar-refractivity contribution in [3.63, 3.8) is 0 Å². The van der Waals surface area contributed by atoms with Crippen molar-refractivity contribution in [3.05, 3.63) is 30.3 Å². The summed E-state index contributed by atoms with van der Waals surface area (Å²) < 4.78 is 0. The standard InChI is InChI=1S/C16H23N3O2.ClH/c17-15(20)9-8-13-5-4-10-19(12-13)16(21)11-18-14-6-2-1-3-7-14;/h1-3,6-7,13,18H,4-5,8-12H2,(H2,17,20);1H. The smallest absolute Gasteiger partial charge is 0.241 e. The van der Waals surface area contributed by atoms with Crippen LogP contribution in [0.25, 0.3) is 0 Å². The number of piperidine rings is 1. The topological polar surface area (TPSA) is 75.4 Å². The van der Waals surface area contributed by atoms with Crippen LogP contribution in [0.5, 0.6) is 0 Å². The molecule has 0 saturated carbocycles. The average molecular weight is 326 g/mol. The third kappa shape index (κ3) is 5.93. The van der Waals surface area contributed by atoms with E-state index in [4.69, 9.17) is 5.73 Å². The van der Waals surface area contributed by atoms with E-state index in [0.717, 1.165) is 38.0 Å². The Bertz CT molecular complexity index is 482. The van der Waals surface area contributed by atoms with Crippen molar-refractivity contribution in [1.29, 1.82) is 0 Å². The minimum atomic E-state index is -0.260. The van der Waals surface area contributed by atoms with E-state index < -0.39 is 0 Å². The minimum absolute atomic E-state index is 0. The molecule has 22 heavy (non-hydrogen) atoms. The van der Waals surface area contributed by atoms with Gasteiger partial charge in [0.25, 0.3) is 0 Å². The summed E-state index contributed by atoms with van der Waals surface area (Å²) in [7, 11) is 0. The van der Waals surface area contributed by atoms with Gasteiger partial charge in [0.1, 0.15) is 0 Å². The van der Waals surface area contributed by atoms with Crippen molar-refractivity contribution in [1.82, 2.24) is 4.90 Å². The summed E-state index contributed by atoms with van der Waals surface area (Å²) in [5.74, 6) is 0.249. The molecule has 0 spiro atoms. The minimum Gasteiger partial charge on any atom is -0.376 e. The molecule has 2 rings (SSSR count). The lowest BCUT2D eigenvalue weighted by atomic mass is 9.93. The summed E-state index contributed by atoms with van der Waals surface area (Å²) in [5, 5.41) is 3.14. The number of nitrogens with two attached hydrogens (primary N) is 1. The Morgan fingerprint density at radius 1 is 1.27 bits per heavy atom. The molecule has 0 aromatic heterocycles. The van der Waals surface area contributed by atoms with Crippen LogP contribution in [0.4, 0.5) is 5.69 Å². The van der Waals surface area contributed by atoms with Crippen LogP contribution in [0, 0.1) is 5.92 Å². The lowest BCUT2D eigenvalue weighted by Gasteiger charge is -2.32. The van der Waals surface area contributed by atoms with Crippen molar-refractivity contribution >= 4 is 29.9 Å². The van der Waals surface area contributed by atoms with E-state index in [-0.39, 0.29) is 24.2 Å². The zero-order valence-corrected chi connectivity index (χ0v) is 13.5. The Balaban J connectivity index is 0.00000242. The normalized spacial score (nSPS) is 17.5. The molecule has 1 aliphatic rings. The number of primary amides is 1. The van der Waals surface area contributed by atoms with E-state index in [2.05, 4.69) is 5.32 Å². The number of nitrogens with one attached hydrogen (secondary N) is 1. The molecule has 6 heteroatoms. The molecule has 3 N–H and O–H groups in total. The van der Waals surface area contributed by atoms with Gasteiger partial charge < -0.3 is 16.0 Å². The number of carbonyl (C=O) groups is 2. The second-order valence-corrected chi connectivity index (χ2v) is 5.57. The van der Waals surface area contributed by atoms with Crippen LogP contribution in [0.3, 0.4) is 0 Å². The van der Waals surface area contributed by atoms with Crippen molar-refractivity contribution < 1.29 is 9.59 Å². The molecular formula is C16H24ClN3O2. The first-order chi connectivity index (χ1) is 10.1. The molecule has 1 aromatic rings. The molecule has 1 heterocycles. The summed E-state index contributed by atoms with van der Waals surface area (Å²) in [5.41, 5.74) is 6.14. The molecule has 122 valence electrons. The highest BCUT2D eigenvalue weighted by Crippen LogP contribution is 2.21. The average Bonchev–Trinajstić information content (AvgIpc) is 2.52. The predicted molar refractivity (Wildman–Crippen MR) is 89.9 cm³/mol. The second kappa shape index (κ2) is 9.30. The third-order valence-electron chi connectivity index (χ3n) is 3.89. The first-order valence-corrected chi connectivity index (χ1v) is 7.50. The molecule has 1 aliphatic heterocycles. The Labute approximate surface area is 137 Å². The lowest BCUT2D eigenvalue weighted by molar-refractivity contribution is -0.131. The third-order valence-corrected chi connectivity index (χ3v) is 3.89. The SMILES string of the molecule is Cl.NC(=O)CCC1CCCN(C(=O)CNc2ccccc2)C1. The summed E-state index contributed by atoms with van der Waals surface area (Å²) in [6.07, 6.45) is 3.27. The second-order valence-electron chi connectivity index (χ2n) is 5.57. The predicted octanol–water partition coefficient (Wildman–Crippen LogP) is 2.02. The van der Waals surface area contributed by atoms with Gasteiger partial charge in [0.2, 0.25) is 11.8 Å². The summed E-state index contributed by atoms with van der Waals surface area (Å²) >= 11 is 0. The Morgan fingerprint density at radius 2 is 2.00 bits per heavy atom. The summed E-state index contributed by atoms with van der Waals surface area (Å²) in [4.78, 5) is 25.0. The maximum Gasteiger partial charge on any atom is 0.241 e. The molecule has 5 nitrogen and oxygen atoms in total. The molecule has 2 amide bonds. The van der Waals surface area contributed by atoms with Crippen LogP contribution in [0.1, 0.15) is 25.7 Å². The van der Waals surface area contributed by atoms with Crippen LogP contribution in [0.15, 0.2) is 30.3 Å². The number of para-hydroxylation sites is 1. The Hall–Kier alpha value is -1.75. The molecule has 1 aromatic carbocycles. The van der Waals surface area contributed by atoms with Crippen LogP contribution in [-0.4, -0.2) is 36.3 Å². The van der Waals surface area contributed by atoms with Crippen LogP contribution in [-0.2, 0) is 9.59 Å². The summed E-state index contributed by atoms with van der Waals surface area (Å²) in [6, 6.07) is 9.71. The maximum atomic E-state index is 12.2. The Morgan fingerprint density at radius 3 is 2.68 bits per heavy atom. The van der Waals surface area contributed by atoms with Gasteiger partial charge in [-0.1, -0.05) is 18.2 Å². The molecular weight excluding hydrogens is 302 g/mol. The highest BCUT2D eigenvalue weighted by molar-refractivity contribution is 5.85. The van der Waals surface area contributed by atoms with Gasteiger partial charge in [-0.25, -0.2) is 0 Å². The zero-order valence-electron chi connectivity index (χ0n) is 12.7. The highest BCUT2D eigenvalue weighted by atomic mass is 35.5. The molecule has 1 saturated heterocycles. The van der Waals surface area contributed by atoms with E-state index in [9.17, 15) is 9.59 Å². The highest BCUT2D eigenvalue weighted by Gasteiger charge is 2.23. The number of halogens is 1. The monoisotopic (exact) mass is 325 g/mol. The van der Waals surface area contributed by atoms with E-state index >= 15 is 0 Å². The van der Waals surface area contributed by atoms with Crippen molar-refractivity contribution in [2.75, 3.05) is 25.0 Å². The van der Waals surface area contributed by atoms with E-state index in [1.54, 1.807) is 0 Å². The van der Waals surface area contributed by atoms with Crippen molar-refractivity contribution in [3.8, 4) is 0 Å². The number of amides is 2. The largest absolute Gasteiger partial charge is 0.376 e.